The SMILES string of the molecule is CCCCNC(=O)c1ccc(Oc2ncc(-c3ccccc3C)cn2)cc1. The molecule has 1 heterocycles. The maximum Gasteiger partial charge on any atom is 0.321 e. The topological polar surface area (TPSA) is 64.1 Å². The molecule has 3 aromatic rings. The summed E-state index contributed by atoms with van der Waals surface area (Å²) in [6.07, 6.45) is 5.53. The van der Waals surface area contributed by atoms with Crippen molar-refractivity contribution >= 4 is 5.91 Å². The second-order valence-electron chi connectivity index (χ2n) is 6.31. The number of hydrogen-bond acceptors (Lipinski definition) is 4. The van der Waals surface area contributed by atoms with Gasteiger partial charge in [-0.2, -0.15) is 0 Å². The summed E-state index contributed by atoms with van der Waals surface area (Å²) in [7, 11) is 0. The molecule has 0 radical (unpaired) electrons. The molecule has 5 heteroatoms. The number of carbonyl (C=O) groups is 1. The molecule has 0 saturated heterocycles. The van der Waals surface area contributed by atoms with Gasteiger partial charge in [-0.05, 0) is 48.7 Å². The number of carbonyl (C=O) groups excluding carboxylic acids is 1. The highest BCUT2D eigenvalue weighted by Crippen LogP contribution is 2.24. The van der Waals surface area contributed by atoms with Gasteiger partial charge >= 0.3 is 6.01 Å². The quantitative estimate of drug-likeness (QED) is 0.616. The van der Waals surface area contributed by atoms with Crippen LogP contribution in [0, 0.1) is 6.92 Å². The monoisotopic (exact) mass is 361 g/mol. The Morgan fingerprint density at radius 3 is 2.41 bits per heavy atom. The van der Waals surface area contributed by atoms with Crippen LogP contribution in [0.2, 0.25) is 0 Å². The molecule has 0 unspecified atom stereocenters. The molecular weight excluding hydrogens is 338 g/mol. The molecule has 0 aliphatic carbocycles. The standard InChI is InChI=1S/C22H23N3O2/c1-3-4-13-23-21(26)17-9-11-19(12-10-17)27-22-24-14-18(15-25-22)20-8-6-5-7-16(20)2/h5-12,14-15H,3-4,13H2,1-2H3,(H,23,26). The number of amides is 1. The lowest BCUT2D eigenvalue weighted by Gasteiger charge is -2.08. The Labute approximate surface area is 159 Å². The van der Waals surface area contributed by atoms with Crippen LogP contribution in [0.3, 0.4) is 0 Å². The largest absolute Gasteiger partial charge is 0.424 e. The molecule has 2 aromatic carbocycles. The number of ether oxygens (including phenoxy) is 1. The zero-order valence-electron chi connectivity index (χ0n) is 15.6. The molecule has 138 valence electrons. The average Bonchev–Trinajstić information content (AvgIpc) is 2.70. The Hall–Kier alpha value is -3.21. The van der Waals surface area contributed by atoms with E-state index in [0.29, 0.717) is 17.9 Å². The van der Waals surface area contributed by atoms with Gasteiger partial charge in [0.2, 0.25) is 0 Å². The van der Waals surface area contributed by atoms with Gasteiger partial charge in [0, 0.05) is 30.1 Å². The first-order valence-corrected chi connectivity index (χ1v) is 9.11. The maximum absolute atomic E-state index is 12.0. The second kappa shape index (κ2) is 8.94. The summed E-state index contributed by atoms with van der Waals surface area (Å²) in [4.78, 5) is 20.6. The molecule has 0 saturated carbocycles. The highest BCUT2D eigenvalue weighted by atomic mass is 16.5. The van der Waals surface area contributed by atoms with Crippen LogP contribution in [0.5, 0.6) is 11.8 Å². The maximum atomic E-state index is 12.0. The molecule has 3 rings (SSSR count). The average molecular weight is 361 g/mol. The molecule has 0 atom stereocenters. The number of benzene rings is 2. The summed E-state index contributed by atoms with van der Waals surface area (Å²) < 4.78 is 5.68. The van der Waals surface area contributed by atoms with E-state index in [1.165, 1.54) is 5.56 Å². The summed E-state index contributed by atoms with van der Waals surface area (Å²) in [6, 6.07) is 15.3. The minimum atomic E-state index is -0.0752. The van der Waals surface area contributed by atoms with E-state index in [4.69, 9.17) is 4.74 Å². The van der Waals surface area contributed by atoms with Crippen LogP contribution in [-0.4, -0.2) is 22.4 Å². The molecular formula is C22H23N3O2. The van der Waals surface area contributed by atoms with Crippen molar-refractivity contribution in [2.75, 3.05) is 6.54 Å². The summed E-state index contributed by atoms with van der Waals surface area (Å²) >= 11 is 0. The van der Waals surface area contributed by atoms with E-state index in [0.717, 1.165) is 24.0 Å². The van der Waals surface area contributed by atoms with Crippen molar-refractivity contribution in [3.8, 4) is 22.9 Å². The summed E-state index contributed by atoms with van der Waals surface area (Å²) in [5.74, 6) is 0.512. The molecule has 1 aromatic heterocycles. The van der Waals surface area contributed by atoms with Crippen molar-refractivity contribution < 1.29 is 9.53 Å². The molecule has 5 nitrogen and oxygen atoms in total. The molecule has 0 spiro atoms. The van der Waals surface area contributed by atoms with Gasteiger partial charge in [0.1, 0.15) is 5.75 Å². The Balaban J connectivity index is 1.64. The first-order valence-electron chi connectivity index (χ1n) is 9.11. The van der Waals surface area contributed by atoms with Gasteiger partial charge in [-0.3, -0.25) is 4.79 Å². The van der Waals surface area contributed by atoms with Crippen molar-refractivity contribution in [2.45, 2.75) is 26.7 Å². The molecule has 27 heavy (non-hydrogen) atoms. The number of nitrogens with zero attached hydrogens (tertiary/aromatic N) is 2. The van der Waals surface area contributed by atoms with Crippen molar-refractivity contribution in [1.82, 2.24) is 15.3 Å². The number of rotatable bonds is 7. The zero-order chi connectivity index (χ0) is 19.1. The fourth-order valence-electron chi connectivity index (χ4n) is 2.67. The third-order valence-electron chi connectivity index (χ3n) is 4.23. The minimum absolute atomic E-state index is 0.0752. The van der Waals surface area contributed by atoms with Crippen LogP contribution in [0.15, 0.2) is 60.9 Å². The van der Waals surface area contributed by atoms with E-state index in [1.54, 1.807) is 36.7 Å². The fourth-order valence-corrected chi connectivity index (χ4v) is 2.67. The van der Waals surface area contributed by atoms with E-state index in [9.17, 15) is 4.79 Å². The van der Waals surface area contributed by atoms with E-state index < -0.39 is 0 Å². The first kappa shape index (κ1) is 18.6. The number of aryl methyl sites for hydroxylation is 1. The van der Waals surface area contributed by atoms with Gasteiger partial charge in [0.25, 0.3) is 5.91 Å². The van der Waals surface area contributed by atoms with Crippen LogP contribution < -0.4 is 10.1 Å². The molecule has 0 aliphatic rings. The van der Waals surface area contributed by atoms with Crippen LogP contribution in [-0.2, 0) is 0 Å². The molecule has 0 fully saturated rings. The van der Waals surface area contributed by atoms with E-state index >= 15 is 0 Å². The minimum Gasteiger partial charge on any atom is -0.424 e. The van der Waals surface area contributed by atoms with Gasteiger partial charge < -0.3 is 10.1 Å². The van der Waals surface area contributed by atoms with Gasteiger partial charge in [-0.15, -0.1) is 0 Å². The zero-order valence-corrected chi connectivity index (χ0v) is 15.6. The predicted molar refractivity (Wildman–Crippen MR) is 106 cm³/mol. The van der Waals surface area contributed by atoms with Gasteiger partial charge in [0.05, 0.1) is 0 Å². The van der Waals surface area contributed by atoms with Gasteiger partial charge in [0.15, 0.2) is 0 Å². The molecule has 1 amide bonds. The Morgan fingerprint density at radius 2 is 1.74 bits per heavy atom. The first-order chi connectivity index (χ1) is 13.2. The van der Waals surface area contributed by atoms with Crippen LogP contribution in [0.4, 0.5) is 0 Å². The van der Waals surface area contributed by atoms with Gasteiger partial charge in [-0.25, -0.2) is 9.97 Å². The highest BCUT2D eigenvalue weighted by Gasteiger charge is 2.07. The summed E-state index contributed by atoms with van der Waals surface area (Å²) in [5.41, 5.74) is 3.82. The van der Waals surface area contributed by atoms with Crippen LogP contribution >= 0.6 is 0 Å². The Bertz CT molecular complexity index is 890. The van der Waals surface area contributed by atoms with Crippen LogP contribution in [0.1, 0.15) is 35.7 Å². The Morgan fingerprint density at radius 1 is 1.04 bits per heavy atom. The van der Waals surface area contributed by atoms with Crippen LogP contribution in [0.25, 0.3) is 11.1 Å². The number of unbranched alkanes of at least 4 members (excludes halogenated alkanes) is 1. The lowest BCUT2D eigenvalue weighted by atomic mass is 10.0. The van der Waals surface area contributed by atoms with Crippen molar-refractivity contribution in [1.29, 1.82) is 0 Å². The van der Waals surface area contributed by atoms with Crippen molar-refractivity contribution in [3.63, 3.8) is 0 Å². The lowest BCUT2D eigenvalue weighted by molar-refractivity contribution is 0.0953. The van der Waals surface area contributed by atoms with E-state index in [1.807, 2.05) is 18.2 Å². The second-order valence-corrected chi connectivity index (χ2v) is 6.31. The number of aromatic nitrogens is 2. The molecule has 1 N–H and O–H groups in total. The lowest BCUT2D eigenvalue weighted by Crippen LogP contribution is -2.24. The van der Waals surface area contributed by atoms with Gasteiger partial charge in [-0.1, -0.05) is 37.6 Å². The molecule has 0 bridgehead atoms. The summed E-state index contributed by atoms with van der Waals surface area (Å²) in [5, 5.41) is 2.89. The third-order valence-corrected chi connectivity index (χ3v) is 4.23. The highest BCUT2D eigenvalue weighted by molar-refractivity contribution is 5.94. The fraction of sp³-hybridized carbons (Fsp3) is 0.227. The Kier molecular flexibility index (Phi) is 6.15. The van der Waals surface area contributed by atoms with Crippen molar-refractivity contribution in [2.24, 2.45) is 0 Å². The number of hydrogen-bond donors (Lipinski definition) is 1. The molecule has 0 aliphatic heterocycles. The number of nitrogens with one attached hydrogen (secondary N) is 1. The summed E-state index contributed by atoms with van der Waals surface area (Å²) in [6.45, 7) is 4.84. The van der Waals surface area contributed by atoms with E-state index in [-0.39, 0.29) is 11.9 Å². The third kappa shape index (κ3) is 4.91. The predicted octanol–water partition coefficient (Wildman–Crippen LogP) is 4.77. The van der Waals surface area contributed by atoms with Crippen molar-refractivity contribution in [3.05, 3.63) is 72.1 Å². The normalized spacial score (nSPS) is 10.4. The smallest absolute Gasteiger partial charge is 0.321 e. The van der Waals surface area contributed by atoms with E-state index in [2.05, 4.69) is 35.2 Å².